The number of rotatable bonds is 4. The Hall–Kier alpha value is -4.23. The number of hydrogen-bond acceptors (Lipinski definition) is 5. The molecule has 0 radical (unpaired) electrons. The Morgan fingerprint density at radius 2 is 1.60 bits per heavy atom. The zero-order valence-corrected chi connectivity index (χ0v) is 20.0. The summed E-state index contributed by atoms with van der Waals surface area (Å²) in [5.74, 6) is 1.16. The minimum absolute atomic E-state index is 0.341. The lowest BCUT2D eigenvalue weighted by Gasteiger charge is -2.09. The molecule has 3 aromatic carbocycles. The smallest absolute Gasteiger partial charge is 0.219 e. The van der Waals surface area contributed by atoms with E-state index in [-0.39, 0.29) is 0 Å². The predicted octanol–water partition coefficient (Wildman–Crippen LogP) is 6.16. The van der Waals surface area contributed by atoms with Crippen LogP contribution >= 0.6 is 0 Å². The predicted molar refractivity (Wildman–Crippen MR) is 134 cm³/mol. The molecule has 172 valence electrons. The van der Waals surface area contributed by atoms with Gasteiger partial charge in [0, 0.05) is 40.7 Å². The summed E-state index contributed by atoms with van der Waals surface area (Å²) in [6.07, 6.45) is 1.68. The third-order valence-electron chi connectivity index (χ3n) is 6.24. The van der Waals surface area contributed by atoms with Crippen LogP contribution in [0.15, 0.2) is 101 Å². The molecule has 0 saturated heterocycles. The van der Waals surface area contributed by atoms with Gasteiger partial charge in [0.25, 0.3) is 0 Å². The lowest BCUT2D eigenvalue weighted by molar-refractivity contribution is 0.462. The van der Waals surface area contributed by atoms with Gasteiger partial charge in [-0.15, -0.1) is 0 Å². The van der Waals surface area contributed by atoms with Gasteiger partial charge in [-0.25, -0.2) is 18.1 Å². The van der Waals surface area contributed by atoms with Gasteiger partial charge in [0.15, 0.2) is 0 Å². The summed E-state index contributed by atoms with van der Waals surface area (Å²) >= 11 is 0. The summed E-state index contributed by atoms with van der Waals surface area (Å²) < 4.78 is 34.1. The Balaban J connectivity index is 1.41. The molecular formula is C28H21N3O3S. The highest BCUT2D eigenvalue weighted by Gasteiger charge is 2.33. The number of fused-ring (bicyclic) bond motifs is 3. The van der Waals surface area contributed by atoms with Crippen LogP contribution in [-0.2, 0) is 9.84 Å². The van der Waals surface area contributed by atoms with Crippen LogP contribution in [0.3, 0.4) is 0 Å². The third kappa shape index (κ3) is 3.43. The van der Waals surface area contributed by atoms with Gasteiger partial charge in [0.1, 0.15) is 5.75 Å². The summed E-state index contributed by atoms with van der Waals surface area (Å²) in [5.41, 5.74) is 5.79. The fourth-order valence-electron chi connectivity index (χ4n) is 4.68. The molecule has 0 fully saturated rings. The number of ether oxygens (including phenoxy) is 1. The standard InChI is InChI=1S/C28H21N3O3S/c1-18-28(20-13-14-24-23-10-3-4-11-25(23)35(32,33)26(24)16-20)19(2)31(30-18)21-8-7-9-22(17-21)34-27-12-5-6-15-29-27/h3-17H,1-2H3. The molecule has 0 unspecified atom stereocenters. The largest absolute Gasteiger partial charge is 0.439 e. The van der Waals surface area contributed by atoms with Crippen molar-refractivity contribution in [3.8, 4) is 39.6 Å². The molecule has 35 heavy (non-hydrogen) atoms. The maximum atomic E-state index is 13.2. The Kier molecular flexibility index (Phi) is 4.82. The molecule has 7 heteroatoms. The number of hydrogen-bond donors (Lipinski definition) is 0. The fourth-order valence-corrected chi connectivity index (χ4v) is 6.40. The van der Waals surface area contributed by atoms with Crippen molar-refractivity contribution in [1.82, 2.24) is 14.8 Å². The minimum atomic E-state index is -3.55. The van der Waals surface area contributed by atoms with Crippen molar-refractivity contribution in [1.29, 1.82) is 0 Å². The summed E-state index contributed by atoms with van der Waals surface area (Å²) in [6, 6.07) is 25.9. The number of pyridine rings is 1. The molecule has 0 atom stereocenters. The monoisotopic (exact) mass is 479 g/mol. The van der Waals surface area contributed by atoms with Crippen molar-refractivity contribution in [3.63, 3.8) is 0 Å². The van der Waals surface area contributed by atoms with Crippen LogP contribution in [0.4, 0.5) is 0 Å². The summed E-state index contributed by atoms with van der Waals surface area (Å²) in [6.45, 7) is 3.92. The van der Waals surface area contributed by atoms with Gasteiger partial charge in [-0.1, -0.05) is 42.5 Å². The maximum absolute atomic E-state index is 13.2. The van der Waals surface area contributed by atoms with Gasteiger partial charge in [-0.2, -0.15) is 5.10 Å². The van der Waals surface area contributed by atoms with Gasteiger partial charge in [-0.3, -0.25) is 0 Å². The first-order chi connectivity index (χ1) is 16.9. The number of benzene rings is 3. The molecule has 6 nitrogen and oxygen atoms in total. The van der Waals surface area contributed by atoms with E-state index in [0.29, 0.717) is 21.4 Å². The highest BCUT2D eigenvalue weighted by molar-refractivity contribution is 7.92. The number of nitrogens with zero attached hydrogens (tertiary/aromatic N) is 3. The molecule has 2 aromatic heterocycles. The molecule has 0 spiro atoms. The minimum Gasteiger partial charge on any atom is -0.439 e. The first-order valence-electron chi connectivity index (χ1n) is 11.2. The van der Waals surface area contributed by atoms with Gasteiger partial charge in [0.05, 0.1) is 21.2 Å². The van der Waals surface area contributed by atoms with E-state index in [1.807, 2.05) is 79.2 Å². The van der Waals surface area contributed by atoms with Crippen LogP contribution in [0.25, 0.3) is 27.9 Å². The molecule has 0 aliphatic carbocycles. The Morgan fingerprint density at radius 3 is 2.43 bits per heavy atom. The van der Waals surface area contributed by atoms with Gasteiger partial charge in [0.2, 0.25) is 15.7 Å². The molecule has 0 bridgehead atoms. The van der Waals surface area contributed by atoms with Crippen LogP contribution in [0.1, 0.15) is 11.4 Å². The van der Waals surface area contributed by atoms with E-state index < -0.39 is 9.84 Å². The van der Waals surface area contributed by atoms with E-state index in [1.54, 1.807) is 30.5 Å². The van der Waals surface area contributed by atoms with E-state index in [9.17, 15) is 8.42 Å². The SMILES string of the molecule is Cc1nn(-c2cccc(Oc3ccccn3)c2)c(C)c1-c1ccc2c(c1)S(=O)(=O)c1ccccc1-2. The first-order valence-corrected chi connectivity index (χ1v) is 12.7. The highest BCUT2D eigenvalue weighted by atomic mass is 32.2. The number of aryl methyl sites for hydroxylation is 1. The summed E-state index contributed by atoms with van der Waals surface area (Å²) in [7, 11) is -3.55. The van der Waals surface area contributed by atoms with Crippen molar-refractivity contribution < 1.29 is 13.2 Å². The molecular weight excluding hydrogens is 458 g/mol. The second kappa shape index (κ2) is 7.92. The Bertz CT molecular complexity index is 1710. The zero-order chi connectivity index (χ0) is 24.2. The fraction of sp³-hybridized carbons (Fsp3) is 0.0714. The molecule has 0 N–H and O–H groups in total. The average Bonchev–Trinajstić information content (AvgIpc) is 3.29. The molecule has 5 aromatic rings. The van der Waals surface area contributed by atoms with Gasteiger partial charge >= 0.3 is 0 Å². The second-order valence-electron chi connectivity index (χ2n) is 8.44. The topological polar surface area (TPSA) is 74.1 Å². The van der Waals surface area contributed by atoms with E-state index in [1.165, 1.54) is 0 Å². The normalized spacial score (nSPS) is 13.3. The highest BCUT2D eigenvalue weighted by Crippen LogP contribution is 2.45. The Labute approximate surface area is 203 Å². The van der Waals surface area contributed by atoms with E-state index in [4.69, 9.17) is 9.84 Å². The molecule has 0 saturated carbocycles. The molecule has 6 rings (SSSR count). The van der Waals surface area contributed by atoms with E-state index in [0.717, 1.165) is 39.3 Å². The van der Waals surface area contributed by atoms with Gasteiger partial charge < -0.3 is 4.74 Å². The number of aromatic nitrogens is 3. The molecule has 1 aliphatic rings. The van der Waals surface area contributed by atoms with Crippen LogP contribution in [-0.4, -0.2) is 23.2 Å². The second-order valence-corrected chi connectivity index (χ2v) is 10.3. The lowest BCUT2D eigenvalue weighted by Crippen LogP contribution is -2.00. The molecule has 3 heterocycles. The van der Waals surface area contributed by atoms with Crippen molar-refractivity contribution in [2.24, 2.45) is 0 Å². The summed E-state index contributed by atoms with van der Waals surface area (Å²) in [4.78, 5) is 4.92. The van der Waals surface area contributed by atoms with E-state index >= 15 is 0 Å². The maximum Gasteiger partial charge on any atom is 0.219 e. The Morgan fingerprint density at radius 1 is 0.800 bits per heavy atom. The molecule has 1 aliphatic heterocycles. The van der Waals surface area contributed by atoms with E-state index in [2.05, 4.69) is 4.98 Å². The quantitative estimate of drug-likeness (QED) is 0.303. The van der Waals surface area contributed by atoms with Crippen LogP contribution in [0.5, 0.6) is 11.6 Å². The average molecular weight is 480 g/mol. The van der Waals surface area contributed by atoms with Gasteiger partial charge in [-0.05, 0) is 49.7 Å². The third-order valence-corrected chi connectivity index (χ3v) is 8.09. The van der Waals surface area contributed by atoms with Crippen molar-refractivity contribution in [2.75, 3.05) is 0 Å². The van der Waals surface area contributed by atoms with Crippen LogP contribution in [0.2, 0.25) is 0 Å². The van der Waals surface area contributed by atoms with Crippen LogP contribution in [0, 0.1) is 13.8 Å². The summed E-state index contributed by atoms with van der Waals surface area (Å²) in [5, 5.41) is 4.77. The number of sulfone groups is 1. The molecule has 0 amide bonds. The van der Waals surface area contributed by atoms with Crippen molar-refractivity contribution in [3.05, 3.63) is 103 Å². The zero-order valence-electron chi connectivity index (χ0n) is 19.1. The first kappa shape index (κ1) is 21.3. The van der Waals surface area contributed by atoms with Crippen molar-refractivity contribution in [2.45, 2.75) is 23.6 Å². The van der Waals surface area contributed by atoms with Crippen LogP contribution < -0.4 is 4.74 Å². The lowest BCUT2D eigenvalue weighted by atomic mass is 9.99. The van der Waals surface area contributed by atoms with Crippen molar-refractivity contribution >= 4 is 9.84 Å².